The van der Waals surface area contributed by atoms with Crippen molar-refractivity contribution in [3.8, 4) is 0 Å². The first kappa shape index (κ1) is 13.8. The number of anilines is 2. The number of aryl methyl sites for hydroxylation is 1. The standard InChI is InChI=1S/C11H17N7.ClH/c1-7-5-13-3-4-18(7)10-8-6-14-17(2)9(8)15-11(12)16-10;/h6-7,13H,3-5H2,1-2H3,(H2,12,15,16);1H/t7-;/m0./s1. The topological polar surface area (TPSA) is 84.9 Å². The van der Waals surface area contributed by atoms with Crippen molar-refractivity contribution < 1.29 is 0 Å². The molecule has 2 aromatic heterocycles. The molecule has 0 saturated carbocycles. The third kappa shape index (κ3) is 2.31. The fraction of sp³-hybridized carbons (Fsp3) is 0.545. The summed E-state index contributed by atoms with van der Waals surface area (Å²) in [6.45, 7) is 5.00. The molecule has 3 heterocycles. The second-order valence-electron chi connectivity index (χ2n) is 4.66. The van der Waals surface area contributed by atoms with Crippen molar-refractivity contribution in [2.24, 2.45) is 7.05 Å². The minimum absolute atomic E-state index is 0. The number of nitrogens with two attached hydrogens (primary N) is 1. The summed E-state index contributed by atoms with van der Waals surface area (Å²) in [7, 11) is 1.86. The molecule has 2 aromatic rings. The number of nitrogens with one attached hydrogen (secondary N) is 1. The summed E-state index contributed by atoms with van der Waals surface area (Å²) in [5.41, 5.74) is 6.58. The molecule has 0 radical (unpaired) electrons. The Kier molecular flexibility index (Phi) is 3.77. The van der Waals surface area contributed by atoms with Crippen LogP contribution < -0.4 is 16.0 Å². The Hall–Kier alpha value is -1.60. The molecule has 104 valence electrons. The van der Waals surface area contributed by atoms with Crippen molar-refractivity contribution in [1.82, 2.24) is 25.1 Å². The maximum absolute atomic E-state index is 5.80. The largest absolute Gasteiger partial charge is 0.368 e. The molecule has 1 aliphatic rings. The van der Waals surface area contributed by atoms with Gasteiger partial charge in [0, 0.05) is 32.7 Å². The number of rotatable bonds is 1. The van der Waals surface area contributed by atoms with Crippen LogP contribution in [0, 0.1) is 0 Å². The Morgan fingerprint density at radius 3 is 2.95 bits per heavy atom. The molecule has 0 spiro atoms. The van der Waals surface area contributed by atoms with E-state index < -0.39 is 0 Å². The van der Waals surface area contributed by atoms with Gasteiger partial charge in [-0.25, -0.2) is 0 Å². The average Bonchev–Trinajstić information content (AvgIpc) is 2.71. The van der Waals surface area contributed by atoms with E-state index in [9.17, 15) is 0 Å². The second-order valence-corrected chi connectivity index (χ2v) is 4.66. The maximum atomic E-state index is 5.80. The van der Waals surface area contributed by atoms with Crippen molar-refractivity contribution in [2.45, 2.75) is 13.0 Å². The Bertz CT molecular complexity index is 582. The lowest BCUT2D eigenvalue weighted by molar-refractivity contribution is 0.498. The van der Waals surface area contributed by atoms with E-state index in [-0.39, 0.29) is 12.4 Å². The van der Waals surface area contributed by atoms with E-state index in [1.54, 1.807) is 10.9 Å². The first-order valence-corrected chi connectivity index (χ1v) is 6.09. The summed E-state index contributed by atoms with van der Waals surface area (Å²) < 4.78 is 1.73. The predicted molar refractivity (Wildman–Crippen MR) is 77.6 cm³/mol. The van der Waals surface area contributed by atoms with Crippen LogP contribution in [0.5, 0.6) is 0 Å². The summed E-state index contributed by atoms with van der Waals surface area (Å²) in [6.07, 6.45) is 1.80. The highest BCUT2D eigenvalue weighted by Crippen LogP contribution is 2.26. The molecular formula is C11H18ClN7. The Morgan fingerprint density at radius 1 is 1.42 bits per heavy atom. The Balaban J connectivity index is 0.00000133. The number of hydrogen-bond acceptors (Lipinski definition) is 6. The summed E-state index contributed by atoms with van der Waals surface area (Å²) in [5.74, 6) is 1.19. The van der Waals surface area contributed by atoms with Gasteiger partial charge in [0.25, 0.3) is 0 Å². The monoisotopic (exact) mass is 283 g/mol. The molecule has 19 heavy (non-hydrogen) atoms. The van der Waals surface area contributed by atoms with Crippen molar-refractivity contribution in [1.29, 1.82) is 0 Å². The fourth-order valence-electron chi connectivity index (χ4n) is 2.40. The lowest BCUT2D eigenvalue weighted by Gasteiger charge is -2.35. The summed E-state index contributed by atoms with van der Waals surface area (Å²) in [5, 5.41) is 8.56. The molecule has 0 amide bonds. The van der Waals surface area contributed by atoms with Crippen molar-refractivity contribution in [3.63, 3.8) is 0 Å². The molecule has 0 bridgehead atoms. The van der Waals surface area contributed by atoms with Crippen LogP contribution in [0.4, 0.5) is 11.8 Å². The van der Waals surface area contributed by atoms with Gasteiger partial charge in [0.05, 0.1) is 11.6 Å². The van der Waals surface area contributed by atoms with E-state index in [0.29, 0.717) is 12.0 Å². The summed E-state index contributed by atoms with van der Waals surface area (Å²) >= 11 is 0. The van der Waals surface area contributed by atoms with Gasteiger partial charge in [-0.15, -0.1) is 12.4 Å². The first-order chi connectivity index (χ1) is 8.66. The summed E-state index contributed by atoms with van der Waals surface area (Å²) in [4.78, 5) is 10.9. The Labute approximate surface area is 117 Å². The van der Waals surface area contributed by atoms with E-state index in [1.807, 2.05) is 7.05 Å². The van der Waals surface area contributed by atoms with E-state index in [0.717, 1.165) is 36.5 Å². The zero-order valence-electron chi connectivity index (χ0n) is 11.0. The van der Waals surface area contributed by atoms with Crippen molar-refractivity contribution in [3.05, 3.63) is 6.20 Å². The molecular weight excluding hydrogens is 266 g/mol. The maximum Gasteiger partial charge on any atom is 0.224 e. The lowest BCUT2D eigenvalue weighted by atomic mass is 10.2. The highest BCUT2D eigenvalue weighted by molar-refractivity contribution is 5.88. The van der Waals surface area contributed by atoms with Crippen LogP contribution in [0.15, 0.2) is 6.20 Å². The van der Waals surface area contributed by atoms with Gasteiger partial charge < -0.3 is 16.0 Å². The number of fused-ring (bicyclic) bond motifs is 1. The lowest BCUT2D eigenvalue weighted by Crippen LogP contribution is -2.50. The van der Waals surface area contributed by atoms with Crippen LogP contribution in [-0.4, -0.2) is 45.4 Å². The van der Waals surface area contributed by atoms with Crippen LogP contribution >= 0.6 is 12.4 Å². The number of aromatic nitrogens is 4. The van der Waals surface area contributed by atoms with Gasteiger partial charge in [-0.3, -0.25) is 4.68 Å². The number of hydrogen-bond donors (Lipinski definition) is 2. The normalized spacial score (nSPS) is 19.5. The fourth-order valence-corrected chi connectivity index (χ4v) is 2.40. The van der Waals surface area contributed by atoms with E-state index in [4.69, 9.17) is 5.73 Å². The number of piperazine rings is 1. The van der Waals surface area contributed by atoms with E-state index >= 15 is 0 Å². The van der Waals surface area contributed by atoms with Crippen LogP contribution in [-0.2, 0) is 7.05 Å². The number of nitrogens with zero attached hydrogens (tertiary/aromatic N) is 5. The molecule has 1 aliphatic heterocycles. The van der Waals surface area contributed by atoms with Gasteiger partial charge >= 0.3 is 0 Å². The third-order valence-corrected chi connectivity index (χ3v) is 3.36. The highest BCUT2D eigenvalue weighted by Gasteiger charge is 2.23. The van der Waals surface area contributed by atoms with Crippen molar-refractivity contribution >= 4 is 35.2 Å². The molecule has 0 unspecified atom stereocenters. The molecule has 3 N–H and O–H groups in total. The minimum atomic E-state index is 0. The minimum Gasteiger partial charge on any atom is -0.368 e. The molecule has 8 heteroatoms. The van der Waals surface area contributed by atoms with E-state index in [2.05, 4.69) is 32.2 Å². The van der Waals surface area contributed by atoms with Gasteiger partial charge in [0.15, 0.2) is 5.65 Å². The zero-order valence-corrected chi connectivity index (χ0v) is 11.8. The molecule has 0 aliphatic carbocycles. The molecule has 0 aromatic carbocycles. The second kappa shape index (κ2) is 5.18. The first-order valence-electron chi connectivity index (χ1n) is 6.09. The molecule has 7 nitrogen and oxygen atoms in total. The quantitative estimate of drug-likeness (QED) is 0.776. The van der Waals surface area contributed by atoms with Crippen LogP contribution in [0.1, 0.15) is 6.92 Å². The Morgan fingerprint density at radius 2 is 2.21 bits per heavy atom. The van der Waals surface area contributed by atoms with Gasteiger partial charge in [-0.2, -0.15) is 15.1 Å². The van der Waals surface area contributed by atoms with Gasteiger partial charge in [-0.05, 0) is 6.92 Å². The van der Waals surface area contributed by atoms with Gasteiger partial charge in [-0.1, -0.05) is 0 Å². The highest BCUT2D eigenvalue weighted by atomic mass is 35.5. The molecule has 1 saturated heterocycles. The predicted octanol–water partition coefficient (Wildman–Crippen LogP) is 0.165. The molecule has 3 rings (SSSR count). The van der Waals surface area contributed by atoms with Crippen LogP contribution in [0.3, 0.4) is 0 Å². The van der Waals surface area contributed by atoms with Crippen molar-refractivity contribution in [2.75, 3.05) is 30.3 Å². The number of halogens is 1. The van der Waals surface area contributed by atoms with Gasteiger partial charge in [0.2, 0.25) is 5.95 Å². The SMILES string of the molecule is C[C@H]1CNCCN1c1nc(N)nc2c1cnn2C.Cl. The smallest absolute Gasteiger partial charge is 0.224 e. The molecule has 1 atom stereocenters. The van der Waals surface area contributed by atoms with Crippen LogP contribution in [0.25, 0.3) is 11.0 Å². The number of nitrogen functional groups attached to an aromatic ring is 1. The zero-order chi connectivity index (χ0) is 12.7. The van der Waals surface area contributed by atoms with Crippen LogP contribution in [0.2, 0.25) is 0 Å². The summed E-state index contributed by atoms with van der Waals surface area (Å²) in [6, 6.07) is 0.386. The van der Waals surface area contributed by atoms with E-state index in [1.165, 1.54) is 0 Å². The average molecular weight is 284 g/mol. The molecule has 1 fully saturated rings. The van der Waals surface area contributed by atoms with Gasteiger partial charge in [0.1, 0.15) is 5.82 Å². The third-order valence-electron chi connectivity index (χ3n) is 3.36.